The van der Waals surface area contributed by atoms with E-state index in [0.717, 1.165) is 39.9 Å². The molecule has 3 rings (SSSR count). The van der Waals surface area contributed by atoms with Crippen molar-refractivity contribution in [1.29, 1.82) is 0 Å². The van der Waals surface area contributed by atoms with Crippen molar-refractivity contribution in [1.82, 2.24) is 0 Å². The van der Waals surface area contributed by atoms with Crippen LogP contribution < -0.4 is 0 Å². The number of hydrogen-bond donors (Lipinski definition) is 0. The van der Waals surface area contributed by atoms with E-state index in [0.29, 0.717) is 12.2 Å². The van der Waals surface area contributed by atoms with Crippen LogP contribution in [-0.4, -0.2) is 36.4 Å². The third-order valence-electron chi connectivity index (χ3n) is 6.85. The summed E-state index contributed by atoms with van der Waals surface area (Å²) in [5, 5.41) is 4.49. The van der Waals surface area contributed by atoms with Gasteiger partial charge in [0, 0.05) is 12.0 Å². The molecule has 0 saturated heterocycles. The highest BCUT2D eigenvalue weighted by Crippen LogP contribution is 2.30. The van der Waals surface area contributed by atoms with Gasteiger partial charge < -0.3 is 4.48 Å². The molecule has 0 heterocycles. The summed E-state index contributed by atoms with van der Waals surface area (Å²) < 4.78 is 1.22. The van der Waals surface area contributed by atoms with E-state index in [1.165, 1.54) is 43.5 Å². The van der Waals surface area contributed by atoms with Gasteiger partial charge in [0.15, 0.2) is 5.78 Å². The van der Waals surface area contributed by atoms with Crippen LogP contribution in [0.4, 0.5) is 0 Å². The summed E-state index contributed by atoms with van der Waals surface area (Å²) >= 11 is 0. The molecule has 2 heteroatoms. The molecule has 0 aliphatic heterocycles. The van der Waals surface area contributed by atoms with Crippen molar-refractivity contribution in [2.75, 3.05) is 26.2 Å². The van der Waals surface area contributed by atoms with Crippen LogP contribution >= 0.6 is 0 Å². The van der Waals surface area contributed by atoms with Crippen LogP contribution in [-0.2, 0) is 0 Å². The van der Waals surface area contributed by atoms with Crippen LogP contribution in [0.15, 0.2) is 54.6 Å². The number of nitrogens with zero attached hydrogens (tertiary/aromatic N) is 1. The number of ketones is 1. The highest BCUT2D eigenvalue weighted by atomic mass is 16.1. The summed E-state index contributed by atoms with van der Waals surface area (Å²) in [6.07, 6.45) is 5.27. The number of benzene rings is 3. The molecule has 0 aliphatic carbocycles. The Morgan fingerprint density at radius 1 is 0.724 bits per heavy atom. The first-order valence-electron chi connectivity index (χ1n) is 11.4. The molecule has 0 spiro atoms. The highest BCUT2D eigenvalue weighted by Gasteiger charge is 2.19. The van der Waals surface area contributed by atoms with Gasteiger partial charge in [0.25, 0.3) is 0 Å². The number of rotatable bonds is 11. The molecule has 0 unspecified atom stereocenters. The summed E-state index contributed by atoms with van der Waals surface area (Å²) in [4.78, 5) is 13.2. The average Bonchev–Trinajstić information content (AvgIpc) is 2.77. The van der Waals surface area contributed by atoms with Crippen molar-refractivity contribution in [2.45, 2.75) is 52.9 Å². The number of carbonyl (C=O) groups is 1. The van der Waals surface area contributed by atoms with Gasteiger partial charge in [-0.25, -0.2) is 0 Å². The molecule has 29 heavy (non-hydrogen) atoms. The Kier molecular flexibility index (Phi) is 7.44. The van der Waals surface area contributed by atoms with Crippen molar-refractivity contribution in [3.05, 3.63) is 60.2 Å². The summed E-state index contributed by atoms with van der Waals surface area (Å²) in [6, 6.07) is 18.8. The molecule has 0 fully saturated rings. The van der Waals surface area contributed by atoms with E-state index in [2.05, 4.69) is 51.1 Å². The molecular weight excluding hydrogens is 354 g/mol. The van der Waals surface area contributed by atoms with E-state index in [-0.39, 0.29) is 0 Å². The normalized spacial score (nSPS) is 12.0. The molecule has 0 N–H and O–H groups in total. The minimum absolute atomic E-state index is 0.291. The van der Waals surface area contributed by atoms with Crippen LogP contribution in [0, 0.1) is 0 Å². The molecule has 154 valence electrons. The summed E-state index contributed by atoms with van der Waals surface area (Å²) in [5.74, 6) is 0.291. The first kappa shape index (κ1) is 21.5. The average molecular weight is 391 g/mol. The molecule has 0 bridgehead atoms. The topological polar surface area (TPSA) is 17.1 Å². The monoisotopic (exact) mass is 390 g/mol. The summed E-state index contributed by atoms with van der Waals surface area (Å²) in [6.45, 7) is 11.9. The second-order valence-electron chi connectivity index (χ2n) is 8.30. The standard InChI is InChI=1S/C27H36NO/c1-4-28(5-2,6-3)20-14-8-7-9-19-26(29)27-24-17-12-10-15-22(24)21-23-16-11-13-18-25(23)27/h10-13,15-18,21H,4-9,14,19-20H2,1-3H3/q+1. The lowest BCUT2D eigenvalue weighted by Crippen LogP contribution is -2.48. The van der Waals surface area contributed by atoms with Crippen LogP contribution in [0.2, 0.25) is 0 Å². The second kappa shape index (κ2) is 10.0. The molecule has 0 saturated carbocycles. The van der Waals surface area contributed by atoms with E-state index in [1.807, 2.05) is 24.3 Å². The number of carbonyl (C=O) groups excluding carboxylic acids is 1. The Balaban J connectivity index is 1.63. The van der Waals surface area contributed by atoms with E-state index in [4.69, 9.17) is 0 Å². The van der Waals surface area contributed by atoms with Crippen LogP contribution in [0.1, 0.15) is 63.2 Å². The van der Waals surface area contributed by atoms with Gasteiger partial charge in [-0.3, -0.25) is 4.79 Å². The van der Waals surface area contributed by atoms with Gasteiger partial charge in [0.05, 0.1) is 26.2 Å². The Labute approximate surface area is 176 Å². The first-order valence-corrected chi connectivity index (χ1v) is 11.4. The Hall–Kier alpha value is -2.19. The third kappa shape index (κ3) is 4.87. The van der Waals surface area contributed by atoms with E-state index >= 15 is 0 Å². The van der Waals surface area contributed by atoms with Crippen molar-refractivity contribution in [3.8, 4) is 0 Å². The maximum absolute atomic E-state index is 13.2. The number of quaternary nitrogens is 1. The molecule has 2 nitrogen and oxygen atoms in total. The molecular formula is C27H36NO+. The molecule has 0 aromatic heterocycles. The smallest absolute Gasteiger partial charge is 0.164 e. The van der Waals surface area contributed by atoms with E-state index in [1.54, 1.807) is 0 Å². The largest absolute Gasteiger partial charge is 0.324 e. The van der Waals surface area contributed by atoms with Crippen LogP contribution in [0.5, 0.6) is 0 Å². The van der Waals surface area contributed by atoms with E-state index in [9.17, 15) is 4.79 Å². The molecule has 3 aromatic carbocycles. The van der Waals surface area contributed by atoms with Crippen molar-refractivity contribution in [3.63, 3.8) is 0 Å². The van der Waals surface area contributed by atoms with Gasteiger partial charge in [-0.05, 0) is 67.6 Å². The fourth-order valence-electron chi connectivity index (χ4n) is 4.67. The van der Waals surface area contributed by atoms with Crippen molar-refractivity contribution >= 4 is 27.3 Å². The Morgan fingerprint density at radius 3 is 1.79 bits per heavy atom. The lowest BCUT2D eigenvalue weighted by Gasteiger charge is -2.35. The maximum atomic E-state index is 13.2. The first-order chi connectivity index (χ1) is 14.1. The zero-order valence-corrected chi connectivity index (χ0v) is 18.4. The van der Waals surface area contributed by atoms with Gasteiger partial charge in [-0.1, -0.05) is 55.0 Å². The number of Topliss-reactive ketones (excluding diaryl/α,β-unsaturated/α-hetero) is 1. The van der Waals surface area contributed by atoms with Gasteiger partial charge in [0.1, 0.15) is 0 Å². The summed E-state index contributed by atoms with van der Waals surface area (Å²) in [5.41, 5.74) is 0.914. The fourth-order valence-corrected chi connectivity index (χ4v) is 4.67. The predicted molar refractivity (Wildman–Crippen MR) is 126 cm³/mol. The van der Waals surface area contributed by atoms with Crippen LogP contribution in [0.25, 0.3) is 21.5 Å². The van der Waals surface area contributed by atoms with Crippen LogP contribution in [0.3, 0.4) is 0 Å². The predicted octanol–water partition coefficient (Wildman–Crippen LogP) is 7.00. The van der Waals surface area contributed by atoms with Gasteiger partial charge in [-0.2, -0.15) is 0 Å². The molecule has 3 aromatic rings. The quantitative estimate of drug-likeness (QED) is 0.149. The van der Waals surface area contributed by atoms with Crippen molar-refractivity contribution in [2.24, 2.45) is 0 Å². The Bertz CT molecular complexity index is 893. The zero-order chi connectivity index (χ0) is 20.7. The maximum Gasteiger partial charge on any atom is 0.164 e. The fraction of sp³-hybridized carbons (Fsp3) is 0.444. The highest BCUT2D eigenvalue weighted by molar-refractivity contribution is 6.18. The summed E-state index contributed by atoms with van der Waals surface area (Å²) in [7, 11) is 0. The number of fused-ring (bicyclic) bond motifs is 2. The van der Waals surface area contributed by atoms with Crippen molar-refractivity contribution < 1.29 is 9.28 Å². The molecule has 0 radical (unpaired) electrons. The van der Waals surface area contributed by atoms with E-state index < -0.39 is 0 Å². The third-order valence-corrected chi connectivity index (χ3v) is 6.85. The molecule has 0 amide bonds. The number of unbranched alkanes of at least 4 members (excludes halogenated alkanes) is 3. The second-order valence-corrected chi connectivity index (χ2v) is 8.30. The lowest BCUT2D eigenvalue weighted by atomic mass is 9.92. The number of hydrogen-bond acceptors (Lipinski definition) is 1. The minimum Gasteiger partial charge on any atom is -0.324 e. The zero-order valence-electron chi connectivity index (χ0n) is 18.4. The Morgan fingerprint density at radius 2 is 1.24 bits per heavy atom. The molecule has 0 aliphatic rings. The minimum atomic E-state index is 0.291. The lowest BCUT2D eigenvalue weighted by molar-refractivity contribution is -0.923. The van der Waals surface area contributed by atoms with Gasteiger partial charge in [0.2, 0.25) is 0 Å². The SMILES string of the molecule is CC[N+](CC)(CC)CCCCCCC(=O)c1c2ccccc2cc2ccccc12. The van der Waals surface area contributed by atoms with Gasteiger partial charge in [-0.15, -0.1) is 0 Å². The van der Waals surface area contributed by atoms with Gasteiger partial charge >= 0.3 is 0 Å². The molecule has 0 atom stereocenters.